The number of carbonyl (C=O) groups is 2. The second-order valence-corrected chi connectivity index (χ2v) is 9.71. The Bertz CT molecular complexity index is 1560. The first kappa shape index (κ1) is 24.8. The standard InChI is InChI=1S/C25H24N6O4S/c1-15-8-13-21(27-14-15)28-25(33)22-16(2)30-31(3)23(22)29-24(32)18-11-9-17(10-12-18)19-6-4-5-7-20(19)36(26,34)35/h4-14H,1-3H3,(H,29,32)(H2,26,34,35)(H,27,28,33). The van der Waals surface area contributed by atoms with Gasteiger partial charge in [-0.25, -0.2) is 18.5 Å². The molecule has 0 radical (unpaired) electrons. The largest absolute Gasteiger partial charge is 0.306 e. The molecule has 2 heterocycles. The Morgan fingerprint density at radius 2 is 1.61 bits per heavy atom. The zero-order chi connectivity index (χ0) is 26.0. The van der Waals surface area contributed by atoms with E-state index in [9.17, 15) is 18.0 Å². The molecule has 0 aliphatic carbocycles. The topological polar surface area (TPSA) is 149 Å². The first-order chi connectivity index (χ1) is 17.0. The average Bonchev–Trinajstić information content (AvgIpc) is 3.12. The van der Waals surface area contributed by atoms with E-state index in [4.69, 9.17) is 5.14 Å². The summed E-state index contributed by atoms with van der Waals surface area (Å²) in [5.41, 5.74) is 2.92. The van der Waals surface area contributed by atoms with Crippen LogP contribution in [0.25, 0.3) is 11.1 Å². The van der Waals surface area contributed by atoms with Crippen molar-refractivity contribution in [3.63, 3.8) is 0 Å². The van der Waals surface area contributed by atoms with E-state index in [0.717, 1.165) is 5.56 Å². The average molecular weight is 505 g/mol. The molecule has 4 aromatic rings. The van der Waals surface area contributed by atoms with Gasteiger partial charge in [0.05, 0.1) is 10.6 Å². The quantitative estimate of drug-likeness (QED) is 0.367. The van der Waals surface area contributed by atoms with Crippen LogP contribution >= 0.6 is 0 Å². The third-order valence-electron chi connectivity index (χ3n) is 5.49. The Kier molecular flexibility index (Phi) is 6.69. The van der Waals surface area contributed by atoms with E-state index in [2.05, 4.69) is 20.7 Å². The number of aryl methyl sites for hydroxylation is 3. The van der Waals surface area contributed by atoms with E-state index in [1.165, 1.54) is 10.7 Å². The second-order valence-electron chi connectivity index (χ2n) is 8.18. The molecule has 0 aliphatic rings. The molecule has 36 heavy (non-hydrogen) atoms. The molecule has 4 N–H and O–H groups in total. The maximum absolute atomic E-state index is 13.0. The Morgan fingerprint density at radius 1 is 0.917 bits per heavy atom. The van der Waals surface area contributed by atoms with Crippen LogP contribution in [0.15, 0.2) is 71.8 Å². The van der Waals surface area contributed by atoms with E-state index in [1.807, 2.05) is 13.0 Å². The number of sulfonamides is 1. The Morgan fingerprint density at radius 3 is 2.25 bits per heavy atom. The van der Waals surface area contributed by atoms with Crippen LogP contribution in [-0.4, -0.2) is 35.0 Å². The van der Waals surface area contributed by atoms with Crippen LogP contribution in [0.1, 0.15) is 32.0 Å². The number of pyridine rings is 1. The van der Waals surface area contributed by atoms with Gasteiger partial charge in [-0.05, 0) is 49.2 Å². The number of nitrogens with two attached hydrogens (primary N) is 1. The fourth-order valence-corrected chi connectivity index (χ4v) is 4.49. The van der Waals surface area contributed by atoms with Gasteiger partial charge in [0.15, 0.2) is 0 Å². The van der Waals surface area contributed by atoms with Crippen LogP contribution < -0.4 is 15.8 Å². The van der Waals surface area contributed by atoms with Crippen LogP contribution in [-0.2, 0) is 17.1 Å². The molecule has 2 amide bonds. The summed E-state index contributed by atoms with van der Waals surface area (Å²) >= 11 is 0. The Labute approximate surface area is 208 Å². The van der Waals surface area contributed by atoms with Crippen LogP contribution in [0.5, 0.6) is 0 Å². The lowest BCUT2D eigenvalue weighted by Gasteiger charge is -2.11. The monoisotopic (exact) mass is 504 g/mol. The zero-order valence-corrected chi connectivity index (χ0v) is 20.6. The van der Waals surface area contributed by atoms with Crippen molar-refractivity contribution in [3.8, 4) is 11.1 Å². The lowest BCUT2D eigenvalue weighted by molar-refractivity contribution is 0.102. The molecule has 2 aromatic carbocycles. The van der Waals surface area contributed by atoms with Crippen molar-refractivity contribution < 1.29 is 18.0 Å². The molecule has 2 aromatic heterocycles. The van der Waals surface area contributed by atoms with Crippen LogP contribution in [0.3, 0.4) is 0 Å². The minimum atomic E-state index is -3.92. The van der Waals surface area contributed by atoms with E-state index < -0.39 is 21.8 Å². The maximum Gasteiger partial charge on any atom is 0.262 e. The van der Waals surface area contributed by atoms with Gasteiger partial charge in [0.2, 0.25) is 10.0 Å². The summed E-state index contributed by atoms with van der Waals surface area (Å²) < 4.78 is 25.3. The highest BCUT2D eigenvalue weighted by atomic mass is 32.2. The highest BCUT2D eigenvalue weighted by Gasteiger charge is 2.23. The number of rotatable bonds is 6. The maximum atomic E-state index is 13.0. The van der Waals surface area contributed by atoms with Gasteiger partial charge in [-0.2, -0.15) is 5.10 Å². The first-order valence-electron chi connectivity index (χ1n) is 10.9. The Balaban J connectivity index is 1.58. The Hall–Kier alpha value is -4.35. The number of nitrogens with one attached hydrogen (secondary N) is 2. The van der Waals surface area contributed by atoms with Gasteiger partial charge in [0.25, 0.3) is 11.8 Å². The number of primary sulfonamides is 1. The lowest BCUT2D eigenvalue weighted by Crippen LogP contribution is -2.20. The molecule has 0 atom stereocenters. The number of hydrogen-bond donors (Lipinski definition) is 3. The fourth-order valence-electron chi connectivity index (χ4n) is 3.73. The van der Waals surface area contributed by atoms with Crippen molar-refractivity contribution >= 4 is 33.5 Å². The van der Waals surface area contributed by atoms with E-state index >= 15 is 0 Å². The fraction of sp³-hybridized carbons (Fsp3) is 0.120. The molecule has 11 heteroatoms. The van der Waals surface area contributed by atoms with Gasteiger partial charge in [0, 0.05) is 24.4 Å². The summed E-state index contributed by atoms with van der Waals surface area (Å²) in [4.78, 5) is 30.2. The summed E-state index contributed by atoms with van der Waals surface area (Å²) in [5, 5.41) is 15.1. The SMILES string of the molecule is Cc1ccc(NC(=O)c2c(C)nn(C)c2NC(=O)c2ccc(-c3ccccc3S(N)(=O)=O)cc2)nc1. The third-order valence-corrected chi connectivity index (χ3v) is 6.45. The number of nitrogens with zero attached hydrogens (tertiary/aromatic N) is 3. The van der Waals surface area contributed by atoms with Crippen molar-refractivity contribution in [2.24, 2.45) is 12.2 Å². The first-order valence-corrected chi connectivity index (χ1v) is 12.4. The van der Waals surface area contributed by atoms with Crippen LogP contribution in [0.4, 0.5) is 11.6 Å². The molecule has 0 fully saturated rings. The smallest absolute Gasteiger partial charge is 0.262 e. The van der Waals surface area contributed by atoms with E-state index in [0.29, 0.717) is 28.2 Å². The summed E-state index contributed by atoms with van der Waals surface area (Å²) in [7, 11) is -2.30. The highest BCUT2D eigenvalue weighted by Crippen LogP contribution is 2.27. The van der Waals surface area contributed by atoms with Crippen LogP contribution in [0.2, 0.25) is 0 Å². The number of benzene rings is 2. The number of amides is 2. The molecular formula is C25H24N6O4S. The number of aromatic nitrogens is 3. The molecule has 0 saturated carbocycles. The minimum absolute atomic E-state index is 0.00807. The molecule has 0 spiro atoms. The predicted octanol–water partition coefficient (Wildman–Crippen LogP) is 3.25. The van der Waals surface area contributed by atoms with Crippen molar-refractivity contribution in [2.75, 3.05) is 10.6 Å². The number of carbonyl (C=O) groups excluding carboxylic acids is 2. The zero-order valence-electron chi connectivity index (χ0n) is 19.8. The number of hydrogen-bond acceptors (Lipinski definition) is 6. The van der Waals surface area contributed by atoms with E-state index in [-0.39, 0.29) is 16.3 Å². The van der Waals surface area contributed by atoms with Gasteiger partial charge >= 0.3 is 0 Å². The summed E-state index contributed by atoms with van der Waals surface area (Å²) in [6, 6.07) is 16.2. The van der Waals surface area contributed by atoms with Gasteiger partial charge in [0.1, 0.15) is 17.2 Å². The normalized spacial score (nSPS) is 11.2. The second kappa shape index (κ2) is 9.72. The molecule has 0 saturated heterocycles. The highest BCUT2D eigenvalue weighted by molar-refractivity contribution is 7.89. The molecule has 10 nitrogen and oxygen atoms in total. The van der Waals surface area contributed by atoms with Gasteiger partial charge in [-0.3, -0.25) is 14.3 Å². The summed E-state index contributed by atoms with van der Waals surface area (Å²) in [6.45, 7) is 3.56. The lowest BCUT2D eigenvalue weighted by atomic mass is 10.0. The summed E-state index contributed by atoms with van der Waals surface area (Å²) in [5.74, 6) is -0.318. The molecule has 0 bridgehead atoms. The van der Waals surface area contributed by atoms with Crippen molar-refractivity contribution in [1.29, 1.82) is 0 Å². The third kappa shape index (κ3) is 5.16. The van der Waals surface area contributed by atoms with Crippen molar-refractivity contribution in [1.82, 2.24) is 14.8 Å². The minimum Gasteiger partial charge on any atom is -0.306 e. The number of anilines is 2. The van der Waals surface area contributed by atoms with E-state index in [1.54, 1.807) is 68.7 Å². The van der Waals surface area contributed by atoms with Gasteiger partial charge in [-0.1, -0.05) is 36.4 Å². The van der Waals surface area contributed by atoms with Crippen LogP contribution in [0, 0.1) is 13.8 Å². The molecule has 0 unspecified atom stereocenters. The van der Waals surface area contributed by atoms with Gasteiger partial charge < -0.3 is 10.6 Å². The molecule has 0 aliphatic heterocycles. The predicted molar refractivity (Wildman–Crippen MR) is 136 cm³/mol. The van der Waals surface area contributed by atoms with Crippen molar-refractivity contribution in [3.05, 3.63) is 89.2 Å². The van der Waals surface area contributed by atoms with Crippen molar-refractivity contribution in [2.45, 2.75) is 18.7 Å². The molecular weight excluding hydrogens is 480 g/mol. The molecule has 4 rings (SSSR count). The molecule has 184 valence electrons. The summed E-state index contributed by atoms with van der Waals surface area (Å²) in [6.07, 6.45) is 1.64. The van der Waals surface area contributed by atoms with Gasteiger partial charge in [-0.15, -0.1) is 0 Å².